The van der Waals surface area contributed by atoms with E-state index in [-0.39, 0.29) is 48.7 Å². The van der Waals surface area contributed by atoms with Crippen LogP contribution in [0.5, 0.6) is 5.75 Å². The van der Waals surface area contributed by atoms with Gasteiger partial charge in [0.1, 0.15) is 11.8 Å². The van der Waals surface area contributed by atoms with Crippen molar-refractivity contribution < 1.29 is 27.5 Å². The maximum absolute atomic E-state index is 12.5. The fourth-order valence-electron chi connectivity index (χ4n) is 3.32. The van der Waals surface area contributed by atoms with Crippen molar-refractivity contribution in [2.75, 3.05) is 18.6 Å². The van der Waals surface area contributed by atoms with Gasteiger partial charge in [-0.3, -0.25) is 14.5 Å². The third kappa shape index (κ3) is 4.80. The zero-order chi connectivity index (χ0) is 20.3. The number of carbonyl (C=O) groups excluding carboxylic acids is 3. The van der Waals surface area contributed by atoms with E-state index in [1.165, 1.54) is 0 Å². The van der Waals surface area contributed by atoms with E-state index in [1.54, 1.807) is 31.4 Å². The second kappa shape index (κ2) is 8.17. The first kappa shape index (κ1) is 20.1. The Bertz CT molecular complexity index is 868. The molecule has 3 rings (SSSR count). The first-order valence-electron chi connectivity index (χ1n) is 9.02. The highest BCUT2D eigenvalue weighted by Crippen LogP contribution is 2.18. The molecule has 0 saturated carbocycles. The smallest absolute Gasteiger partial charge is 0.325 e. The number of nitrogens with zero attached hydrogens (tertiary/aromatic N) is 1. The number of urea groups is 1. The molecular weight excluding hydrogens is 386 g/mol. The summed E-state index contributed by atoms with van der Waals surface area (Å²) in [4.78, 5) is 37.8. The van der Waals surface area contributed by atoms with Crippen molar-refractivity contribution in [3.05, 3.63) is 29.8 Å². The molecule has 9 nitrogen and oxygen atoms in total. The minimum atomic E-state index is -3.07. The van der Waals surface area contributed by atoms with Crippen molar-refractivity contribution in [1.29, 1.82) is 0 Å². The average Bonchev–Trinajstić information content (AvgIpc) is 3.13. The third-order valence-corrected chi connectivity index (χ3v) is 6.63. The molecule has 28 heavy (non-hydrogen) atoms. The van der Waals surface area contributed by atoms with Gasteiger partial charge in [0.2, 0.25) is 5.91 Å². The van der Waals surface area contributed by atoms with Crippen molar-refractivity contribution in [3.8, 4) is 5.75 Å². The molecule has 2 atom stereocenters. The van der Waals surface area contributed by atoms with Crippen LogP contribution in [0.4, 0.5) is 4.79 Å². The molecule has 0 aliphatic carbocycles. The molecule has 0 spiro atoms. The second-order valence-electron chi connectivity index (χ2n) is 6.98. The van der Waals surface area contributed by atoms with E-state index in [2.05, 4.69) is 10.6 Å². The Kier molecular flexibility index (Phi) is 5.87. The fourth-order valence-corrected chi connectivity index (χ4v) is 4.99. The molecule has 2 N–H and O–H groups in total. The van der Waals surface area contributed by atoms with Crippen LogP contribution in [0.3, 0.4) is 0 Å². The highest BCUT2D eigenvalue weighted by atomic mass is 32.2. The van der Waals surface area contributed by atoms with Gasteiger partial charge in [0.25, 0.3) is 5.91 Å². The molecule has 1 aromatic carbocycles. The van der Waals surface area contributed by atoms with Crippen LogP contribution < -0.4 is 15.4 Å². The Morgan fingerprint density at radius 2 is 2.00 bits per heavy atom. The molecule has 0 unspecified atom stereocenters. The van der Waals surface area contributed by atoms with Crippen LogP contribution in [-0.4, -0.2) is 61.9 Å². The van der Waals surface area contributed by atoms with Crippen LogP contribution in [0.15, 0.2) is 24.3 Å². The van der Waals surface area contributed by atoms with Gasteiger partial charge in [0.15, 0.2) is 9.84 Å². The van der Waals surface area contributed by atoms with Crippen molar-refractivity contribution in [2.24, 2.45) is 0 Å². The zero-order valence-electron chi connectivity index (χ0n) is 15.5. The molecule has 0 bridgehead atoms. The second-order valence-corrected chi connectivity index (χ2v) is 9.21. The van der Waals surface area contributed by atoms with Crippen molar-refractivity contribution in [3.63, 3.8) is 0 Å². The summed E-state index contributed by atoms with van der Waals surface area (Å²) in [5, 5.41) is 5.27. The van der Waals surface area contributed by atoms with Gasteiger partial charge in [-0.2, -0.15) is 0 Å². The SMILES string of the molecule is COc1ccc(CN2C(=O)N[C@H](CCC(=O)N[C@H]3CCS(=O)(=O)C3)C2=O)cc1. The number of nitrogens with one attached hydrogen (secondary N) is 2. The Hall–Kier alpha value is -2.62. The number of hydrogen-bond donors (Lipinski definition) is 2. The summed E-state index contributed by atoms with van der Waals surface area (Å²) in [5.41, 5.74) is 0.783. The Morgan fingerprint density at radius 1 is 1.29 bits per heavy atom. The predicted octanol–water partition coefficient (Wildman–Crippen LogP) is 0.199. The van der Waals surface area contributed by atoms with Gasteiger partial charge in [-0.05, 0) is 30.5 Å². The maximum Gasteiger partial charge on any atom is 0.325 e. The first-order chi connectivity index (χ1) is 13.3. The Balaban J connectivity index is 1.49. The average molecular weight is 409 g/mol. The molecule has 152 valence electrons. The van der Waals surface area contributed by atoms with Gasteiger partial charge >= 0.3 is 6.03 Å². The molecular formula is C18H23N3O6S. The van der Waals surface area contributed by atoms with Gasteiger partial charge in [-0.1, -0.05) is 12.1 Å². The summed E-state index contributed by atoms with van der Waals surface area (Å²) >= 11 is 0. The lowest BCUT2D eigenvalue weighted by molar-refractivity contribution is -0.128. The van der Waals surface area contributed by atoms with Crippen LogP contribution in [0.2, 0.25) is 0 Å². The zero-order valence-corrected chi connectivity index (χ0v) is 16.3. The standard InChI is InChI=1S/C18H23N3O6S/c1-27-14-4-2-12(3-5-14)10-21-17(23)15(20-18(21)24)6-7-16(22)19-13-8-9-28(25,26)11-13/h2-5,13,15H,6-11H2,1H3,(H,19,22)(H,20,24)/t13-,15+/m0/s1. The molecule has 2 heterocycles. The van der Waals surface area contributed by atoms with E-state index >= 15 is 0 Å². The Morgan fingerprint density at radius 3 is 2.61 bits per heavy atom. The largest absolute Gasteiger partial charge is 0.497 e. The fraction of sp³-hybridized carbons (Fsp3) is 0.500. The van der Waals surface area contributed by atoms with Crippen LogP contribution >= 0.6 is 0 Å². The van der Waals surface area contributed by atoms with Gasteiger partial charge < -0.3 is 15.4 Å². The van der Waals surface area contributed by atoms with E-state index in [9.17, 15) is 22.8 Å². The van der Waals surface area contributed by atoms with E-state index in [4.69, 9.17) is 4.74 Å². The van der Waals surface area contributed by atoms with Crippen LogP contribution in [0.1, 0.15) is 24.8 Å². The van der Waals surface area contributed by atoms with Crippen molar-refractivity contribution in [2.45, 2.75) is 37.9 Å². The topological polar surface area (TPSA) is 122 Å². The van der Waals surface area contributed by atoms with Crippen molar-refractivity contribution >= 4 is 27.7 Å². The maximum atomic E-state index is 12.5. The monoisotopic (exact) mass is 409 g/mol. The summed E-state index contributed by atoms with van der Waals surface area (Å²) in [6.45, 7) is 0.136. The molecule has 1 aromatic rings. The number of benzene rings is 1. The number of sulfone groups is 1. The summed E-state index contributed by atoms with van der Waals surface area (Å²) in [6.07, 6.45) is 0.599. The lowest BCUT2D eigenvalue weighted by atomic mass is 10.1. The molecule has 4 amide bonds. The van der Waals surface area contributed by atoms with Crippen LogP contribution in [0, 0.1) is 0 Å². The van der Waals surface area contributed by atoms with E-state index < -0.39 is 21.9 Å². The lowest BCUT2D eigenvalue weighted by Crippen LogP contribution is -2.37. The molecule has 0 radical (unpaired) electrons. The summed E-state index contributed by atoms with van der Waals surface area (Å²) in [5.74, 6) is 0.0119. The summed E-state index contributed by atoms with van der Waals surface area (Å²) < 4.78 is 27.9. The van der Waals surface area contributed by atoms with Gasteiger partial charge in [0, 0.05) is 12.5 Å². The number of hydrogen-bond acceptors (Lipinski definition) is 6. The molecule has 10 heteroatoms. The number of carbonyl (C=O) groups is 3. The predicted molar refractivity (Wildman–Crippen MR) is 100 cm³/mol. The molecule has 2 fully saturated rings. The highest BCUT2D eigenvalue weighted by molar-refractivity contribution is 7.91. The highest BCUT2D eigenvalue weighted by Gasteiger charge is 2.38. The van der Waals surface area contributed by atoms with Gasteiger partial charge in [-0.15, -0.1) is 0 Å². The Labute approximate surface area is 163 Å². The molecule has 2 saturated heterocycles. The molecule has 0 aromatic heterocycles. The minimum absolute atomic E-state index is 0.0314. The van der Waals surface area contributed by atoms with Crippen LogP contribution in [-0.2, 0) is 26.0 Å². The summed E-state index contributed by atoms with van der Waals surface area (Å²) in [7, 11) is -1.52. The summed E-state index contributed by atoms with van der Waals surface area (Å²) in [6, 6.07) is 5.42. The first-order valence-corrected chi connectivity index (χ1v) is 10.8. The van der Waals surface area contributed by atoms with Crippen molar-refractivity contribution in [1.82, 2.24) is 15.5 Å². The molecule has 2 aliphatic heterocycles. The number of amides is 4. The van der Waals surface area contributed by atoms with E-state index in [1.807, 2.05) is 0 Å². The lowest BCUT2D eigenvalue weighted by Gasteiger charge is -2.14. The minimum Gasteiger partial charge on any atom is -0.497 e. The van der Waals surface area contributed by atoms with Gasteiger partial charge in [0.05, 0.1) is 25.2 Å². The number of methoxy groups -OCH3 is 1. The number of rotatable bonds is 7. The van der Waals surface area contributed by atoms with Gasteiger partial charge in [-0.25, -0.2) is 13.2 Å². The number of imide groups is 1. The van der Waals surface area contributed by atoms with E-state index in [0.717, 1.165) is 10.5 Å². The third-order valence-electron chi connectivity index (χ3n) is 4.86. The molecule has 2 aliphatic rings. The van der Waals surface area contributed by atoms with Crippen LogP contribution in [0.25, 0.3) is 0 Å². The number of ether oxygens (including phenoxy) is 1. The normalized spacial score (nSPS) is 23.5. The quantitative estimate of drug-likeness (QED) is 0.621. The van der Waals surface area contributed by atoms with E-state index in [0.29, 0.717) is 12.2 Å².